The third kappa shape index (κ3) is 4.40. The first-order valence-corrected chi connectivity index (χ1v) is 10.3. The van der Waals surface area contributed by atoms with Gasteiger partial charge in [0.2, 0.25) is 9.84 Å². The molecule has 1 aliphatic heterocycles. The number of nitrogens with zero attached hydrogens (tertiary/aromatic N) is 1. The molecule has 0 atom stereocenters. The van der Waals surface area contributed by atoms with Crippen molar-refractivity contribution in [1.82, 2.24) is 4.90 Å². The van der Waals surface area contributed by atoms with Crippen LogP contribution in [0.25, 0.3) is 0 Å². The maximum absolute atomic E-state index is 14.2. The Morgan fingerprint density at radius 3 is 2.39 bits per heavy atom. The van der Waals surface area contributed by atoms with Crippen molar-refractivity contribution in [1.29, 1.82) is 0 Å². The van der Waals surface area contributed by atoms with Gasteiger partial charge in [-0.25, -0.2) is 12.8 Å². The summed E-state index contributed by atoms with van der Waals surface area (Å²) in [4.78, 5) is 13.3. The molecule has 2 aromatic carbocycles. The molecule has 1 saturated heterocycles. The Morgan fingerprint density at radius 1 is 1.11 bits per heavy atom. The van der Waals surface area contributed by atoms with Crippen molar-refractivity contribution in [3.05, 3.63) is 71.0 Å². The van der Waals surface area contributed by atoms with Crippen LogP contribution < -0.4 is 5.32 Å². The van der Waals surface area contributed by atoms with E-state index in [1.807, 2.05) is 19.1 Å². The molecule has 1 fully saturated rings. The quantitative estimate of drug-likeness (QED) is 0.776. The molecule has 1 heterocycles. The van der Waals surface area contributed by atoms with Gasteiger partial charge in [-0.15, -0.1) is 0 Å². The number of morpholine rings is 1. The first kappa shape index (κ1) is 20.0. The zero-order chi connectivity index (χ0) is 20.1. The number of sulfone groups is 1. The molecule has 0 spiro atoms. The van der Waals surface area contributed by atoms with Gasteiger partial charge < -0.3 is 15.0 Å². The fourth-order valence-electron chi connectivity index (χ4n) is 2.76. The number of hydrogen-bond acceptors (Lipinski definition) is 5. The van der Waals surface area contributed by atoms with Gasteiger partial charge >= 0.3 is 0 Å². The molecule has 0 aromatic heterocycles. The predicted molar refractivity (Wildman–Crippen MR) is 104 cm³/mol. The van der Waals surface area contributed by atoms with Crippen LogP contribution in [0.15, 0.2) is 64.5 Å². The lowest BCUT2D eigenvalue weighted by atomic mass is 10.2. The van der Waals surface area contributed by atoms with E-state index in [4.69, 9.17) is 4.74 Å². The van der Waals surface area contributed by atoms with E-state index in [1.54, 1.807) is 12.1 Å². The van der Waals surface area contributed by atoms with Gasteiger partial charge in [0, 0.05) is 25.0 Å². The van der Waals surface area contributed by atoms with Crippen molar-refractivity contribution in [2.24, 2.45) is 0 Å². The number of aryl methyl sites for hydroxylation is 1. The number of benzene rings is 2. The maximum Gasteiger partial charge on any atom is 0.267 e. The molecule has 0 unspecified atom stereocenters. The van der Waals surface area contributed by atoms with Crippen LogP contribution in [0.5, 0.6) is 0 Å². The molecule has 3 rings (SSSR count). The van der Waals surface area contributed by atoms with Gasteiger partial charge in [0.05, 0.1) is 13.2 Å². The molecule has 2 aromatic rings. The Kier molecular flexibility index (Phi) is 6.11. The summed E-state index contributed by atoms with van der Waals surface area (Å²) in [6, 6.07) is 12.2. The van der Waals surface area contributed by atoms with Crippen molar-refractivity contribution >= 4 is 21.4 Å². The molecule has 0 aliphatic carbocycles. The van der Waals surface area contributed by atoms with Crippen LogP contribution in [-0.2, 0) is 19.4 Å². The molecular formula is C20H21FN2O4S. The van der Waals surface area contributed by atoms with E-state index in [-0.39, 0.29) is 13.1 Å². The fourth-order valence-corrected chi connectivity index (χ4v) is 4.15. The minimum atomic E-state index is -4.37. The van der Waals surface area contributed by atoms with E-state index in [1.165, 1.54) is 17.0 Å². The average Bonchev–Trinajstić information content (AvgIpc) is 2.70. The molecule has 148 valence electrons. The van der Waals surface area contributed by atoms with Crippen molar-refractivity contribution in [2.45, 2.75) is 11.8 Å². The van der Waals surface area contributed by atoms with E-state index in [9.17, 15) is 17.6 Å². The molecule has 6 nitrogen and oxygen atoms in total. The molecule has 0 saturated carbocycles. The Hall–Kier alpha value is -2.71. The number of rotatable bonds is 5. The topological polar surface area (TPSA) is 75.7 Å². The van der Waals surface area contributed by atoms with Crippen molar-refractivity contribution in [3.63, 3.8) is 0 Å². The Balaban J connectivity index is 2.00. The summed E-state index contributed by atoms with van der Waals surface area (Å²) in [5.41, 5.74) is 1.65. The van der Waals surface area contributed by atoms with E-state index in [2.05, 4.69) is 5.32 Å². The van der Waals surface area contributed by atoms with Crippen LogP contribution in [0.3, 0.4) is 0 Å². The van der Waals surface area contributed by atoms with Gasteiger partial charge in [0.15, 0.2) is 4.91 Å². The molecule has 1 aliphatic rings. The van der Waals surface area contributed by atoms with Crippen LogP contribution >= 0.6 is 0 Å². The lowest BCUT2D eigenvalue weighted by molar-refractivity contribution is -0.130. The van der Waals surface area contributed by atoms with Crippen LogP contribution in [0, 0.1) is 12.7 Å². The number of halogens is 1. The number of amides is 1. The van der Waals surface area contributed by atoms with Gasteiger partial charge in [-0.2, -0.15) is 0 Å². The zero-order valence-corrected chi connectivity index (χ0v) is 16.2. The summed E-state index contributed by atoms with van der Waals surface area (Å²) in [6.07, 6.45) is 1.13. The fraction of sp³-hybridized carbons (Fsp3) is 0.250. The third-order valence-corrected chi connectivity index (χ3v) is 6.13. The molecule has 28 heavy (non-hydrogen) atoms. The highest BCUT2D eigenvalue weighted by atomic mass is 32.2. The van der Waals surface area contributed by atoms with Gasteiger partial charge in [-0.05, 0) is 31.2 Å². The summed E-state index contributed by atoms with van der Waals surface area (Å²) in [7, 11) is -4.37. The molecule has 1 N–H and O–H groups in total. The van der Waals surface area contributed by atoms with E-state index < -0.39 is 31.4 Å². The summed E-state index contributed by atoms with van der Waals surface area (Å²) >= 11 is 0. The summed E-state index contributed by atoms with van der Waals surface area (Å²) in [6.45, 7) is 3.12. The average molecular weight is 404 g/mol. The number of anilines is 1. The SMILES string of the molecule is Cc1ccc(N/C=C(\C(=O)N2CCOCC2)S(=O)(=O)c2ccccc2F)cc1. The van der Waals surface area contributed by atoms with Gasteiger partial charge in [-0.3, -0.25) is 4.79 Å². The Labute approximate surface area is 163 Å². The molecule has 8 heteroatoms. The minimum absolute atomic E-state index is 0.271. The maximum atomic E-state index is 14.2. The second-order valence-electron chi connectivity index (χ2n) is 6.36. The first-order chi connectivity index (χ1) is 13.4. The molecular weight excluding hydrogens is 383 g/mol. The summed E-state index contributed by atoms with van der Waals surface area (Å²) in [5.74, 6) is -1.59. The van der Waals surface area contributed by atoms with Crippen molar-refractivity contribution in [3.8, 4) is 0 Å². The van der Waals surface area contributed by atoms with E-state index >= 15 is 0 Å². The van der Waals surface area contributed by atoms with Crippen LogP contribution in [0.2, 0.25) is 0 Å². The smallest absolute Gasteiger partial charge is 0.267 e. The van der Waals surface area contributed by atoms with E-state index in [0.717, 1.165) is 23.9 Å². The first-order valence-electron chi connectivity index (χ1n) is 8.79. The second-order valence-corrected chi connectivity index (χ2v) is 8.24. The lowest BCUT2D eigenvalue weighted by Crippen LogP contribution is -2.42. The van der Waals surface area contributed by atoms with Crippen LogP contribution in [0.4, 0.5) is 10.1 Å². The van der Waals surface area contributed by atoms with Gasteiger partial charge in [0.25, 0.3) is 5.91 Å². The molecule has 0 bridgehead atoms. The number of nitrogens with one attached hydrogen (secondary N) is 1. The Bertz CT molecular complexity index is 982. The van der Waals surface area contributed by atoms with Crippen LogP contribution in [-0.4, -0.2) is 45.5 Å². The van der Waals surface area contributed by atoms with Gasteiger partial charge in [-0.1, -0.05) is 29.8 Å². The highest BCUT2D eigenvalue weighted by molar-refractivity contribution is 7.96. The van der Waals surface area contributed by atoms with Crippen molar-refractivity contribution < 1.29 is 22.3 Å². The lowest BCUT2D eigenvalue weighted by Gasteiger charge is -2.27. The minimum Gasteiger partial charge on any atom is -0.378 e. The highest BCUT2D eigenvalue weighted by Crippen LogP contribution is 2.24. The molecule has 0 radical (unpaired) electrons. The Morgan fingerprint density at radius 2 is 1.75 bits per heavy atom. The third-order valence-electron chi connectivity index (χ3n) is 4.35. The summed E-state index contributed by atoms with van der Waals surface area (Å²) < 4.78 is 45.6. The molecule has 1 amide bonds. The second kappa shape index (κ2) is 8.53. The van der Waals surface area contributed by atoms with E-state index in [0.29, 0.717) is 18.9 Å². The van der Waals surface area contributed by atoms with Gasteiger partial charge in [0.1, 0.15) is 10.7 Å². The standard InChI is InChI=1S/C20H21FN2O4S/c1-15-6-8-16(9-7-15)22-14-19(20(24)23-10-12-27-13-11-23)28(25,26)18-5-3-2-4-17(18)21/h2-9,14,22H,10-13H2,1H3/b19-14+. The van der Waals surface area contributed by atoms with Crippen LogP contribution in [0.1, 0.15) is 5.56 Å². The predicted octanol–water partition coefficient (Wildman–Crippen LogP) is 2.72. The normalized spacial score (nSPS) is 15.4. The number of carbonyl (C=O) groups excluding carboxylic acids is 1. The summed E-state index contributed by atoms with van der Waals surface area (Å²) in [5, 5.41) is 2.84. The highest BCUT2D eigenvalue weighted by Gasteiger charge is 2.33. The number of carbonyl (C=O) groups is 1. The van der Waals surface area contributed by atoms with Crippen molar-refractivity contribution in [2.75, 3.05) is 31.6 Å². The number of ether oxygens (including phenoxy) is 1. The number of hydrogen-bond donors (Lipinski definition) is 1. The monoisotopic (exact) mass is 404 g/mol. The zero-order valence-electron chi connectivity index (χ0n) is 15.4. The largest absolute Gasteiger partial charge is 0.378 e.